The highest BCUT2D eigenvalue weighted by atomic mass is 32.1. The van der Waals surface area contributed by atoms with Crippen LogP contribution in [0.25, 0.3) is 55.3 Å². The zero-order chi connectivity index (χ0) is 25.9. The van der Waals surface area contributed by atoms with Gasteiger partial charge in [0.15, 0.2) is 17.1 Å². The predicted molar refractivity (Wildman–Crippen MR) is 143 cm³/mol. The fourth-order valence-electron chi connectivity index (χ4n) is 4.97. The van der Waals surface area contributed by atoms with Gasteiger partial charge in [-0.3, -0.25) is 15.0 Å². The molecule has 0 unspecified atom stereocenters. The fraction of sp³-hybridized carbons (Fsp3) is 0.222. The summed E-state index contributed by atoms with van der Waals surface area (Å²) in [7, 11) is 0. The molecule has 0 bridgehead atoms. The lowest BCUT2D eigenvalue weighted by Crippen LogP contribution is -2.24. The van der Waals surface area contributed by atoms with Crippen LogP contribution in [0.3, 0.4) is 0 Å². The smallest absolute Gasteiger partial charge is 0.261 e. The maximum Gasteiger partial charge on any atom is 0.261 e. The van der Waals surface area contributed by atoms with E-state index in [1.165, 1.54) is 4.88 Å². The molecule has 1 aliphatic heterocycles. The number of hydrogen-bond acceptors (Lipinski definition) is 7. The lowest BCUT2D eigenvalue weighted by atomic mass is 10.1. The number of alkyl halides is 2. The molecule has 1 fully saturated rings. The van der Waals surface area contributed by atoms with E-state index in [-0.39, 0.29) is 13.0 Å². The van der Waals surface area contributed by atoms with Crippen LogP contribution in [-0.2, 0) is 6.54 Å². The summed E-state index contributed by atoms with van der Waals surface area (Å²) < 4.78 is 27.3. The van der Waals surface area contributed by atoms with Crippen LogP contribution in [0.1, 0.15) is 16.9 Å². The minimum Gasteiger partial charge on any atom is -0.321 e. The molecule has 0 spiro atoms. The summed E-state index contributed by atoms with van der Waals surface area (Å²) in [6.45, 7) is 2.67. The van der Waals surface area contributed by atoms with E-state index in [4.69, 9.17) is 4.98 Å². The standard InChI is InChI=1S/C27H22F2N8S/c1-15-2-3-21(38-15)19-4-6-31-25-22(19)33-26(34-25)23-20-9-18(12-32-24(20)36-35-23)17-8-16(10-30-11-17)13-37-7-5-27(28,29)14-37/h2-4,6,8-12H,5,7,13-14H2,1H3,(H,31,33,34)(H,32,35,36). The van der Waals surface area contributed by atoms with Gasteiger partial charge in [-0.15, -0.1) is 11.3 Å². The van der Waals surface area contributed by atoms with Crippen molar-refractivity contribution in [3.05, 3.63) is 65.6 Å². The molecule has 1 aliphatic rings. The molecule has 8 nitrogen and oxygen atoms in total. The van der Waals surface area contributed by atoms with Crippen LogP contribution < -0.4 is 0 Å². The molecule has 1 saturated heterocycles. The topological polar surface area (TPSA) is 99.3 Å². The second-order valence-corrected chi connectivity index (χ2v) is 10.9. The molecule has 6 aromatic heterocycles. The molecular formula is C27H22F2N8S. The molecule has 0 atom stereocenters. The first kappa shape index (κ1) is 23.1. The fourth-order valence-corrected chi connectivity index (χ4v) is 5.87. The Morgan fingerprint density at radius 1 is 1.05 bits per heavy atom. The van der Waals surface area contributed by atoms with Crippen LogP contribution in [-0.4, -0.2) is 59.0 Å². The lowest BCUT2D eigenvalue weighted by molar-refractivity contribution is 0.0115. The summed E-state index contributed by atoms with van der Waals surface area (Å²) in [6.07, 6.45) is 6.91. The van der Waals surface area contributed by atoms with Crippen molar-refractivity contribution >= 4 is 33.5 Å². The highest BCUT2D eigenvalue weighted by Crippen LogP contribution is 2.34. The van der Waals surface area contributed by atoms with E-state index >= 15 is 0 Å². The first-order chi connectivity index (χ1) is 18.4. The summed E-state index contributed by atoms with van der Waals surface area (Å²) in [5.74, 6) is -2.02. The van der Waals surface area contributed by atoms with Crippen molar-refractivity contribution in [2.45, 2.75) is 25.8 Å². The van der Waals surface area contributed by atoms with Gasteiger partial charge in [0.2, 0.25) is 0 Å². The second-order valence-electron chi connectivity index (χ2n) is 9.64. The van der Waals surface area contributed by atoms with Crippen LogP contribution >= 0.6 is 11.3 Å². The third kappa shape index (κ3) is 4.13. The van der Waals surface area contributed by atoms with Crippen molar-refractivity contribution in [3.8, 4) is 33.1 Å². The van der Waals surface area contributed by atoms with Gasteiger partial charge in [-0.1, -0.05) is 0 Å². The van der Waals surface area contributed by atoms with Gasteiger partial charge in [0.1, 0.15) is 11.2 Å². The highest BCUT2D eigenvalue weighted by Gasteiger charge is 2.37. The monoisotopic (exact) mass is 528 g/mol. The third-order valence-electron chi connectivity index (χ3n) is 6.81. The van der Waals surface area contributed by atoms with Gasteiger partial charge in [0, 0.05) is 70.7 Å². The quantitative estimate of drug-likeness (QED) is 0.292. The zero-order valence-corrected chi connectivity index (χ0v) is 21.2. The van der Waals surface area contributed by atoms with E-state index in [2.05, 4.69) is 49.2 Å². The molecule has 38 heavy (non-hydrogen) atoms. The van der Waals surface area contributed by atoms with Crippen LogP contribution in [0.5, 0.6) is 0 Å². The number of nitrogens with one attached hydrogen (secondary N) is 2. The molecule has 6 aromatic rings. The van der Waals surface area contributed by atoms with Crippen molar-refractivity contribution in [3.63, 3.8) is 0 Å². The van der Waals surface area contributed by atoms with Crippen LogP contribution in [0, 0.1) is 6.92 Å². The van der Waals surface area contributed by atoms with E-state index in [1.54, 1.807) is 41.0 Å². The number of aromatic nitrogens is 7. The molecule has 0 amide bonds. The normalized spacial score (nSPS) is 15.7. The van der Waals surface area contributed by atoms with Gasteiger partial charge < -0.3 is 4.98 Å². The highest BCUT2D eigenvalue weighted by molar-refractivity contribution is 7.15. The molecule has 7 rings (SSSR count). The summed E-state index contributed by atoms with van der Waals surface area (Å²) in [5.41, 5.74) is 6.36. The number of H-pyrrole nitrogens is 2. The first-order valence-corrected chi connectivity index (χ1v) is 13.0. The summed E-state index contributed by atoms with van der Waals surface area (Å²) in [5, 5.41) is 8.30. The number of fused-ring (bicyclic) bond motifs is 2. The molecule has 0 radical (unpaired) electrons. The molecule has 190 valence electrons. The maximum atomic E-state index is 13.6. The number of pyridine rings is 3. The Bertz CT molecular complexity index is 1800. The van der Waals surface area contributed by atoms with E-state index in [0.29, 0.717) is 35.9 Å². The molecule has 0 aromatic carbocycles. The number of likely N-dealkylation sites (tertiary alicyclic amines) is 1. The summed E-state index contributed by atoms with van der Waals surface area (Å²) in [4.78, 5) is 25.7. The van der Waals surface area contributed by atoms with Crippen LogP contribution in [0.2, 0.25) is 0 Å². The van der Waals surface area contributed by atoms with Crippen molar-refractivity contribution < 1.29 is 8.78 Å². The number of rotatable bonds is 5. The SMILES string of the molecule is Cc1ccc(-c2ccnc3[nH]c(-c4n[nH]c5ncc(-c6cncc(CN7CCC(F)(F)C7)c6)cc45)nc23)s1. The van der Waals surface area contributed by atoms with E-state index in [0.717, 1.165) is 38.0 Å². The molecular weight excluding hydrogens is 506 g/mol. The molecule has 11 heteroatoms. The van der Waals surface area contributed by atoms with Crippen molar-refractivity contribution in [2.75, 3.05) is 13.1 Å². The molecule has 2 N–H and O–H groups in total. The largest absolute Gasteiger partial charge is 0.321 e. The van der Waals surface area contributed by atoms with Gasteiger partial charge in [0.25, 0.3) is 5.92 Å². The van der Waals surface area contributed by atoms with E-state index < -0.39 is 5.92 Å². The number of imidazole rings is 1. The Morgan fingerprint density at radius 3 is 2.76 bits per heavy atom. The van der Waals surface area contributed by atoms with Crippen LogP contribution in [0.4, 0.5) is 8.78 Å². The number of aromatic amines is 2. The molecule has 0 aliphatic carbocycles. The van der Waals surface area contributed by atoms with Crippen LogP contribution in [0.15, 0.2) is 55.1 Å². The number of halogens is 2. The third-order valence-corrected chi connectivity index (χ3v) is 7.85. The average molecular weight is 529 g/mol. The first-order valence-electron chi connectivity index (χ1n) is 12.2. The second kappa shape index (κ2) is 8.74. The molecule has 0 saturated carbocycles. The Morgan fingerprint density at radius 2 is 1.95 bits per heavy atom. The number of nitrogens with zero attached hydrogens (tertiary/aromatic N) is 6. The Balaban J connectivity index is 1.24. The summed E-state index contributed by atoms with van der Waals surface area (Å²) in [6, 6.07) is 10.1. The van der Waals surface area contributed by atoms with Crippen molar-refractivity contribution in [1.82, 2.24) is 40.0 Å². The number of aryl methyl sites for hydroxylation is 1. The molecule has 7 heterocycles. The van der Waals surface area contributed by atoms with Crippen molar-refractivity contribution in [2.24, 2.45) is 0 Å². The van der Waals surface area contributed by atoms with E-state index in [1.807, 2.05) is 18.2 Å². The minimum atomic E-state index is -2.62. The van der Waals surface area contributed by atoms with Crippen molar-refractivity contribution in [1.29, 1.82) is 0 Å². The Kier molecular flexibility index (Phi) is 5.31. The van der Waals surface area contributed by atoms with Gasteiger partial charge in [-0.25, -0.2) is 23.7 Å². The Hall–Kier alpha value is -4.09. The predicted octanol–water partition coefficient (Wildman–Crippen LogP) is 5.84. The average Bonchev–Trinajstić information content (AvgIpc) is 3.69. The minimum absolute atomic E-state index is 0.101. The summed E-state index contributed by atoms with van der Waals surface area (Å²) >= 11 is 1.72. The number of hydrogen-bond donors (Lipinski definition) is 2. The maximum absolute atomic E-state index is 13.6. The van der Waals surface area contributed by atoms with Gasteiger partial charge >= 0.3 is 0 Å². The Labute approximate surface area is 219 Å². The lowest BCUT2D eigenvalue weighted by Gasteiger charge is -2.15. The van der Waals surface area contributed by atoms with Gasteiger partial charge in [-0.2, -0.15) is 5.10 Å². The number of thiophene rings is 1. The van der Waals surface area contributed by atoms with Gasteiger partial charge in [-0.05, 0) is 42.8 Å². The van der Waals surface area contributed by atoms with Gasteiger partial charge in [0.05, 0.1) is 11.9 Å². The zero-order valence-electron chi connectivity index (χ0n) is 20.4. The van der Waals surface area contributed by atoms with E-state index in [9.17, 15) is 8.78 Å².